The van der Waals surface area contributed by atoms with E-state index in [0.29, 0.717) is 30.0 Å². The average Bonchev–Trinajstić information content (AvgIpc) is 3.21. The van der Waals surface area contributed by atoms with Crippen LogP contribution < -0.4 is 10.6 Å². The number of nitrogens with zero attached hydrogens (tertiary/aromatic N) is 3. The summed E-state index contributed by atoms with van der Waals surface area (Å²) in [7, 11) is 0. The summed E-state index contributed by atoms with van der Waals surface area (Å²) in [6.45, 7) is 2.36. The van der Waals surface area contributed by atoms with Gasteiger partial charge in [-0.05, 0) is 56.2 Å². The van der Waals surface area contributed by atoms with Crippen LogP contribution in [0.25, 0.3) is 11.5 Å². The number of piperidine rings is 1. The van der Waals surface area contributed by atoms with E-state index in [0.717, 1.165) is 18.6 Å². The van der Waals surface area contributed by atoms with Gasteiger partial charge in [0.2, 0.25) is 11.8 Å². The molecule has 3 aromatic rings. The number of pyridine rings is 1. The number of amides is 1. The second kappa shape index (κ2) is 7.43. The number of benzene rings is 1. The van der Waals surface area contributed by atoms with Crippen molar-refractivity contribution in [2.45, 2.75) is 31.4 Å². The Morgan fingerprint density at radius 3 is 2.63 bits per heavy atom. The first-order valence-electron chi connectivity index (χ1n) is 9.29. The Morgan fingerprint density at radius 2 is 1.93 bits per heavy atom. The zero-order valence-electron chi connectivity index (χ0n) is 16.0. The summed E-state index contributed by atoms with van der Waals surface area (Å²) in [5.41, 5.74) is -0.765. The van der Waals surface area contributed by atoms with Gasteiger partial charge in [-0.15, -0.1) is 10.2 Å². The lowest BCUT2D eigenvalue weighted by Gasteiger charge is -2.28. The van der Waals surface area contributed by atoms with E-state index in [9.17, 15) is 18.0 Å². The Balaban J connectivity index is 1.61. The maximum absolute atomic E-state index is 12.8. The molecule has 0 radical (unpaired) electrons. The van der Waals surface area contributed by atoms with Crippen molar-refractivity contribution >= 4 is 17.4 Å². The van der Waals surface area contributed by atoms with Crippen LogP contribution in [0.2, 0.25) is 0 Å². The number of aromatic nitrogens is 3. The van der Waals surface area contributed by atoms with Crippen LogP contribution in [0, 0.1) is 0 Å². The molecule has 0 saturated carbocycles. The van der Waals surface area contributed by atoms with Gasteiger partial charge in [0.25, 0.3) is 5.89 Å². The van der Waals surface area contributed by atoms with Gasteiger partial charge in [-0.2, -0.15) is 13.2 Å². The fourth-order valence-corrected chi connectivity index (χ4v) is 3.27. The third kappa shape index (κ3) is 3.72. The molecule has 1 saturated heterocycles. The highest BCUT2D eigenvalue weighted by Gasteiger charge is 2.42. The van der Waals surface area contributed by atoms with Crippen molar-refractivity contribution in [3.63, 3.8) is 0 Å². The van der Waals surface area contributed by atoms with Crippen molar-refractivity contribution in [2.24, 2.45) is 0 Å². The summed E-state index contributed by atoms with van der Waals surface area (Å²) in [4.78, 5) is 16.6. The number of hydrogen-bond acceptors (Lipinski definition) is 6. The smallest absolute Gasteiger partial charge is 0.416 e. The number of carbonyl (C=O) groups excluding carboxylic acids is 1. The Morgan fingerprint density at radius 1 is 1.17 bits per heavy atom. The number of halogens is 3. The number of hydrogen-bond donors (Lipinski definition) is 2. The summed E-state index contributed by atoms with van der Waals surface area (Å²) < 4.78 is 44.1. The molecule has 0 aliphatic carbocycles. The van der Waals surface area contributed by atoms with E-state index in [4.69, 9.17) is 4.42 Å². The second-order valence-electron chi connectivity index (χ2n) is 7.20. The van der Waals surface area contributed by atoms with E-state index in [2.05, 4.69) is 25.8 Å². The van der Waals surface area contributed by atoms with Crippen LogP contribution >= 0.6 is 0 Å². The molecule has 10 heteroatoms. The zero-order chi connectivity index (χ0) is 21.4. The Kier molecular flexibility index (Phi) is 4.92. The number of nitrogens with one attached hydrogen (secondary N) is 2. The van der Waals surface area contributed by atoms with Crippen LogP contribution in [0.3, 0.4) is 0 Å². The first kappa shape index (κ1) is 19.9. The quantitative estimate of drug-likeness (QED) is 0.665. The Labute approximate surface area is 169 Å². The van der Waals surface area contributed by atoms with Crippen LogP contribution in [0.1, 0.15) is 31.2 Å². The molecule has 1 aliphatic rings. The van der Waals surface area contributed by atoms with Gasteiger partial charge in [0.15, 0.2) is 0 Å². The van der Waals surface area contributed by atoms with E-state index in [1.807, 2.05) is 0 Å². The van der Waals surface area contributed by atoms with Crippen molar-refractivity contribution in [3.05, 3.63) is 54.0 Å². The molecule has 1 amide bonds. The molecule has 0 bridgehead atoms. The first-order valence-corrected chi connectivity index (χ1v) is 9.29. The standard InChI is InChI=1S/C20H18F3N5O2/c1-19(9-3-11-25-17(19)29)18-28-27-16(30-18)14-4-2-10-24-15(14)26-13-7-5-12(6-8-13)20(21,22)23/h2,4-8,10H,3,9,11H2,1H3,(H,24,26)(H,25,29)/t19-/m1/s1. The predicted molar refractivity (Wildman–Crippen MR) is 102 cm³/mol. The van der Waals surface area contributed by atoms with Crippen LogP contribution in [-0.4, -0.2) is 27.6 Å². The van der Waals surface area contributed by atoms with E-state index in [-0.39, 0.29) is 17.7 Å². The van der Waals surface area contributed by atoms with Gasteiger partial charge in [0.05, 0.1) is 11.1 Å². The van der Waals surface area contributed by atoms with Crippen molar-refractivity contribution in [2.75, 3.05) is 11.9 Å². The second-order valence-corrected chi connectivity index (χ2v) is 7.20. The molecule has 1 aliphatic heterocycles. The van der Waals surface area contributed by atoms with Gasteiger partial charge >= 0.3 is 6.18 Å². The van der Waals surface area contributed by atoms with Crippen LogP contribution in [0.4, 0.5) is 24.7 Å². The minimum absolute atomic E-state index is 0.159. The summed E-state index contributed by atoms with van der Waals surface area (Å²) >= 11 is 0. The summed E-state index contributed by atoms with van der Waals surface area (Å²) in [5, 5.41) is 13.9. The van der Waals surface area contributed by atoms with Gasteiger partial charge < -0.3 is 15.1 Å². The lowest BCUT2D eigenvalue weighted by molar-refractivity contribution is -0.137. The number of anilines is 2. The van der Waals surface area contributed by atoms with Crippen LogP contribution in [0.15, 0.2) is 47.0 Å². The molecule has 1 fully saturated rings. The molecular formula is C20H18F3N5O2. The maximum atomic E-state index is 12.8. The average molecular weight is 417 g/mol. The minimum atomic E-state index is -4.41. The summed E-state index contributed by atoms with van der Waals surface area (Å²) in [6.07, 6.45) is -1.49. The van der Waals surface area contributed by atoms with E-state index < -0.39 is 17.2 Å². The predicted octanol–water partition coefficient (Wildman–Crippen LogP) is 4.06. The van der Waals surface area contributed by atoms with E-state index in [1.165, 1.54) is 18.3 Å². The SMILES string of the molecule is C[C@@]1(c2nnc(-c3cccnc3Nc3ccc(C(F)(F)F)cc3)o2)CCCNC1=O. The summed E-state index contributed by atoms with van der Waals surface area (Å²) in [5.74, 6) is 0.537. The van der Waals surface area contributed by atoms with Gasteiger partial charge in [0.1, 0.15) is 11.2 Å². The molecule has 2 aromatic heterocycles. The van der Waals surface area contributed by atoms with Gasteiger partial charge in [-0.1, -0.05) is 0 Å². The zero-order valence-corrected chi connectivity index (χ0v) is 16.0. The molecule has 3 heterocycles. The number of alkyl halides is 3. The fraction of sp³-hybridized carbons (Fsp3) is 0.300. The highest BCUT2D eigenvalue weighted by atomic mass is 19.4. The largest absolute Gasteiger partial charge is 0.419 e. The van der Waals surface area contributed by atoms with Gasteiger partial charge in [-0.25, -0.2) is 4.98 Å². The lowest BCUT2D eigenvalue weighted by atomic mass is 9.82. The van der Waals surface area contributed by atoms with E-state index in [1.54, 1.807) is 19.1 Å². The fourth-order valence-electron chi connectivity index (χ4n) is 3.27. The van der Waals surface area contributed by atoms with Crippen molar-refractivity contribution in [3.8, 4) is 11.5 Å². The molecule has 1 aromatic carbocycles. The van der Waals surface area contributed by atoms with Gasteiger partial charge in [-0.3, -0.25) is 4.79 Å². The number of carbonyl (C=O) groups is 1. The number of rotatable bonds is 4. The van der Waals surface area contributed by atoms with Crippen molar-refractivity contribution < 1.29 is 22.4 Å². The van der Waals surface area contributed by atoms with Crippen molar-refractivity contribution in [1.29, 1.82) is 0 Å². The summed E-state index contributed by atoms with van der Waals surface area (Å²) in [6, 6.07) is 7.96. The molecule has 0 unspecified atom stereocenters. The molecular weight excluding hydrogens is 399 g/mol. The molecule has 1 atom stereocenters. The molecule has 4 rings (SSSR count). The van der Waals surface area contributed by atoms with Crippen molar-refractivity contribution in [1.82, 2.24) is 20.5 Å². The van der Waals surface area contributed by atoms with Crippen LogP contribution in [0.5, 0.6) is 0 Å². The molecule has 156 valence electrons. The third-order valence-electron chi connectivity index (χ3n) is 5.05. The molecule has 30 heavy (non-hydrogen) atoms. The molecule has 7 nitrogen and oxygen atoms in total. The topological polar surface area (TPSA) is 92.9 Å². The lowest BCUT2D eigenvalue weighted by Crippen LogP contribution is -2.47. The Bertz CT molecular complexity index is 1060. The van der Waals surface area contributed by atoms with E-state index >= 15 is 0 Å². The highest BCUT2D eigenvalue weighted by Crippen LogP contribution is 2.35. The third-order valence-corrected chi connectivity index (χ3v) is 5.05. The molecule has 2 N–H and O–H groups in total. The normalized spacial score (nSPS) is 19.4. The first-order chi connectivity index (χ1) is 14.3. The maximum Gasteiger partial charge on any atom is 0.416 e. The highest BCUT2D eigenvalue weighted by molar-refractivity contribution is 5.87. The Hall–Kier alpha value is -3.43. The molecule has 0 spiro atoms. The monoisotopic (exact) mass is 417 g/mol. The minimum Gasteiger partial charge on any atom is -0.419 e. The van der Waals surface area contributed by atoms with Gasteiger partial charge in [0, 0.05) is 18.4 Å². The van der Waals surface area contributed by atoms with Crippen LogP contribution in [-0.2, 0) is 16.4 Å².